The molecule has 7 nitrogen and oxygen atoms in total. The van der Waals surface area contributed by atoms with Gasteiger partial charge in [0, 0.05) is 36.6 Å². The highest BCUT2D eigenvalue weighted by atomic mass is 32.1. The van der Waals surface area contributed by atoms with Gasteiger partial charge < -0.3 is 24.8 Å². The lowest BCUT2D eigenvalue weighted by molar-refractivity contribution is 0.0513. The molecule has 0 atom stereocenters. The van der Waals surface area contributed by atoms with E-state index in [2.05, 4.69) is 34.7 Å². The maximum Gasteiger partial charge on any atom is 0.231 e. The van der Waals surface area contributed by atoms with Gasteiger partial charge in [-0.15, -0.1) is 11.3 Å². The summed E-state index contributed by atoms with van der Waals surface area (Å²) in [6.07, 6.45) is 1.90. The number of thiazole rings is 1. The molecule has 0 bridgehead atoms. The van der Waals surface area contributed by atoms with Gasteiger partial charge in [-0.25, -0.2) is 9.98 Å². The van der Waals surface area contributed by atoms with E-state index in [0.717, 1.165) is 67.3 Å². The third kappa shape index (κ3) is 4.54. The van der Waals surface area contributed by atoms with E-state index in [9.17, 15) is 0 Å². The first kappa shape index (κ1) is 20.9. The maximum atomic E-state index is 5.68. The summed E-state index contributed by atoms with van der Waals surface area (Å²) in [5.41, 5.74) is 2.29. The molecule has 3 heterocycles. The molecule has 0 aliphatic carbocycles. The first-order chi connectivity index (χ1) is 14.6. The van der Waals surface area contributed by atoms with Crippen LogP contribution in [0.25, 0.3) is 0 Å². The van der Waals surface area contributed by atoms with Crippen LogP contribution in [0.1, 0.15) is 40.9 Å². The fraction of sp³-hybridized carbons (Fsp3) is 0.545. The van der Waals surface area contributed by atoms with Crippen LogP contribution in [0.15, 0.2) is 23.2 Å². The molecule has 2 aromatic rings. The minimum absolute atomic E-state index is 0.0353. The number of ether oxygens (including phenoxy) is 3. The molecule has 8 heteroatoms. The molecule has 162 valence electrons. The third-order valence-corrected chi connectivity index (χ3v) is 6.81. The van der Waals surface area contributed by atoms with Gasteiger partial charge in [0.15, 0.2) is 17.5 Å². The van der Waals surface area contributed by atoms with Gasteiger partial charge in [-0.2, -0.15) is 0 Å². The molecule has 4 rings (SSSR count). The fourth-order valence-electron chi connectivity index (χ4n) is 4.02. The lowest BCUT2D eigenvalue weighted by Gasteiger charge is -2.38. The molecule has 2 N–H and O–H groups in total. The van der Waals surface area contributed by atoms with Gasteiger partial charge in [0.25, 0.3) is 0 Å². The van der Waals surface area contributed by atoms with E-state index in [0.29, 0.717) is 13.3 Å². The molecule has 1 aromatic heterocycles. The number of nitrogens with one attached hydrogen (secondary N) is 2. The van der Waals surface area contributed by atoms with Gasteiger partial charge in [-0.3, -0.25) is 0 Å². The van der Waals surface area contributed by atoms with Crippen LogP contribution in [0.4, 0.5) is 0 Å². The zero-order chi connectivity index (χ0) is 21.0. The standard InChI is InChI=1S/C22H30N4O3S/c1-4-23-21(24-12-20-15(2)26-16(3)30-20)25-13-22(7-9-27-10-8-22)17-5-6-18-19(11-17)29-14-28-18/h5-6,11H,4,7-10,12-14H2,1-3H3,(H2,23,24,25). The van der Waals surface area contributed by atoms with E-state index in [-0.39, 0.29) is 5.41 Å². The Morgan fingerprint density at radius 1 is 1.17 bits per heavy atom. The summed E-state index contributed by atoms with van der Waals surface area (Å²) >= 11 is 1.71. The van der Waals surface area contributed by atoms with E-state index in [1.54, 1.807) is 11.3 Å². The van der Waals surface area contributed by atoms with Crippen molar-refractivity contribution in [2.24, 2.45) is 4.99 Å². The molecule has 0 spiro atoms. The second kappa shape index (κ2) is 9.22. The van der Waals surface area contributed by atoms with Gasteiger partial charge in [0.2, 0.25) is 6.79 Å². The monoisotopic (exact) mass is 430 g/mol. The molecule has 0 unspecified atom stereocenters. The highest BCUT2D eigenvalue weighted by molar-refractivity contribution is 7.11. The van der Waals surface area contributed by atoms with Gasteiger partial charge in [0.1, 0.15) is 0 Å². The van der Waals surface area contributed by atoms with Crippen LogP contribution in [0.3, 0.4) is 0 Å². The lowest BCUT2D eigenvalue weighted by Crippen LogP contribution is -2.48. The number of hydrogen-bond acceptors (Lipinski definition) is 6. The van der Waals surface area contributed by atoms with E-state index < -0.39 is 0 Å². The predicted molar refractivity (Wildman–Crippen MR) is 119 cm³/mol. The number of aryl methyl sites for hydroxylation is 2. The molecule has 2 aliphatic rings. The van der Waals surface area contributed by atoms with Crippen molar-refractivity contribution < 1.29 is 14.2 Å². The summed E-state index contributed by atoms with van der Waals surface area (Å²) in [7, 11) is 0. The first-order valence-electron chi connectivity index (χ1n) is 10.5. The molecule has 0 saturated carbocycles. The number of fused-ring (bicyclic) bond motifs is 1. The van der Waals surface area contributed by atoms with Crippen LogP contribution in [-0.2, 0) is 16.7 Å². The van der Waals surface area contributed by atoms with Crippen molar-refractivity contribution in [2.45, 2.75) is 45.6 Å². The van der Waals surface area contributed by atoms with Gasteiger partial charge in [0.05, 0.1) is 17.2 Å². The highest BCUT2D eigenvalue weighted by Crippen LogP contribution is 2.40. The predicted octanol–water partition coefficient (Wildman–Crippen LogP) is 3.29. The molecule has 30 heavy (non-hydrogen) atoms. The Morgan fingerprint density at radius 3 is 2.70 bits per heavy atom. The summed E-state index contributed by atoms with van der Waals surface area (Å²) in [5.74, 6) is 2.48. The smallest absolute Gasteiger partial charge is 0.231 e. The second-order valence-electron chi connectivity index (χ2n) is 7.75. The fourth-order valence-corrected chi connectivity index (χ4v) is 4.88. The SMILES string of the molecule is CCNC(=NCc1sc(C)nc1C)NCC1(c2ccc3c(c2)OCO3)CCOCC1. The van der Waals surface area contributed by atoms with Crippen LogP contribution in [-0.4, -0.2) is 44.0 Å². The topological polar surface area (TPSA) is 77.0 Å². The largest absolute Gasteiger partial charge is 0.454 e. The molecule has 2 aliphatic heterocycles. The zero-order valence-electron chi connectivity index (χ0n) is 17.9. The maximum absolute atomic E-state index is 5.68. The molecule has 1 aromatic carbocycles. The van der Waals surface area contributed by atoms with Gasteiger partial charge >= 0.3 is 0 Å². The van der Waals surface area contributed by atoms with Crippen molar-refractivity contribution in [1.29, 1.82) is 0 Å². The highest BCUT2D eigenvalue weighted by Gasteiger charge is 2.35. The Kier molecular flexibility index (Phi) is 6.43. The molecule has 1 saturated heterocycles. The first-order valence-corrected chi connectivity index (χ1v) is 11.3. The second-order valence-corrected chi connectivity index (χ2v) is 9.04. The van der Waals surface area contributed by atoms with Crippen LogP contribution in [0.2, 0.25) is 0 Å². The zero-order valence-corrected chi connectivity index (χ0v) is 18.7. The van der Waals surface area contributed by atoms with Crippen molar-refractivity contribution in [3.63, 3.8) is 0 Å². The van der Waals surface area contributed by atoms with Crippen LogP contribution in [0, 0.1) is 13.8 Å². The number of benzene rings is 1. The third-order valence-electron chi connectivity index (χ3n) is 5.75. The van der Waals surface area contributed by atoms with Gasteiger partial charge in [-0.1, -0.05) is 6.07 Å². The molecule has 0 radical (unpaired) electrons. The van der Waals surface area contributed by atoms with Gasteiger partial charge in [-0.05, 0) is 51.3 Å². The summed E-state index contributed by atoms with van der Waals surface area (Å²) in [6.45, 7) is 10.2. The quantitative estimate of drug-likeness (QED) is 0.541. The number of aliphatic imine (C=N–C) groups is 1. The van der Waals surface area contributed by atoms with E-state index in [1.165, 1.54) is 10.4 Å². The average Bonchev–Trinajstić information content (AvgIpc) is 3.35. The van der Waals surface area contributed by atoms with Crippen molar-refractivity contribution in [2.75, 3.05) is 33.1 Å². The summed E-state index contributed by atoms with van der Waals surface area (Å²) in [5, 5.41) is 8.05. The number of hydrogen-bond donors (Lipinski definition) is 2. The number of aromatic nitrogens is 1. The Morgan fingerprint density at radius 2 is 1.97 bits per heavy atom. The Hall–Kier alpha value is -2.32. The van der Waals surface area contributed by atoms with Crippen LogP contribution >= 0.6 is 11.3 Å². The van der Waals surface area contributed by atoms with E-state index >= 15 is 0 Å². The average molecular weight is 431 g/mol. The Labute approximate surface area is 181 Å². The molecule has 1 fully saturated rings. The van der Waals surface area contributed by atoms with Crippen LogP contribution in [0.5, 0.6) is 11.5 Å². The van der Waals surface area contributed by atoms with E-state index in [1.807, 2.05) is 19.9 Å². The number of rotatable bonds is 6. The van der Waals surface area contributed by atoms with Crippen LogP contribution < -0.4 is 20.1 Å². The summed E-state index contributed by atoms with van der Waals surface area (Å²) < 4.78 is 16.8. The Balaban J connectivity index is 1.51. The summed E-state index contributed by atoms with van der Waals surface area (Å²) in [4.78, 5) is 10.5. The molecular weight excluding hydrogens is 400 g/mol. The molecular formula is C22H30N4O3S. The Bertz CT molecular complexity index is 906. The van der Waals surface area contributed by atoms with Crippen molar-refractivity contribution in [3.05, 3.63) is 39.3 Å². The number of nitrogens with zero attached hydrogens (tertiary/aromatic N) is 2. The number of guanidine groups is 1. The van der Waals surface area contributed by atoms with E-state index in [4.69, 9.17) is 19.2 Å². The normalized spacial score (nSPS) is 17.8. The lowest BCUT2D eigenvalue weighted by atomic mass is 9.74. The van der Waals surface area contributed by atoms with Crippen molar-refractivity contribution in [3.8, 4) is 11.5 Å². The van der Waals surface area contributed by atoms with Crippen molar-refractivity contribution >= 4 is 17.3 Å². The summed E-state index contributed by atoms with van der Waals surface area (Å²) in [6, 6.07) is 6.31. The minimum atomic E-state index is -0.0353. The molecule has 0 amide bonds. The van der Waals surface area contributed by atoms with Crippen molar-refractivity contribution in [1.82, 2.24) is 15.6 Å². The minimum Gasteiger partial charge on any atom is -0.454 e.